The second kappa shape index (κ2) is 9.79. The highest BCUT2D eigenvalue weighted by Gasteiger charge is 2.31. The highest BCUT2D eigenvalue weighted by atomic mass is 16.4. The number of carboxylic acids is 1. The molecule has 0 spiro atoms. The number of nitrogens with one attached hydrogen (secondary N) is 3. The SMILES string of the molecule is CC(C)(C)C(Cc1ccc(NC(=O)CCCCNC(=N)N)cc1)C(=O)O. The number of carboxylic acid groups (broad SMARTS) is 1. The van der Waals surface area contributed by atoms with E-state index in [1.54, 1.807) is 12.1 Å². The summed E-state index contributed by atoms with van der Waals surface area (Å²) in [4.78, 5) is 23.4. The van der Waals surface area contributed by atoms with E-state index in [0.717, 1.165) is 12.0 Å². The van der Waals surface area contributed by atoms with Crippen molar-refractivity contribution in [3.8, 4) is 0 Å². The van der Waals surface area contributed by atoms with Crippen molar-refractivity contribution in [3.63, 3.8) is 0 Å². The number of anilines is 1. The third-order valence-corrected chi connectivity index (χ3v) is 4.17. The molecule has 1 unspecified atom stereocenters. The molecule has 0 radical (unpaired) electrons. The summed E-state index contributed by atoms with van der Waals surface area (Å²) in [6.07, 6.45) is 2.31. The predicted molar refractivity (Wildman–Crippen MR) is 103 cm³/mol. The molecule has 0 aliphatic carbocycles. The van der Waals surface area contributed by atoms with Crippen LogP contribution in [-0.4, -0.2) is 29.5 Å². The lowest BCUT2D eigenvalue weighted by atomic mass is 9.77. The van der Waals surface area contributed by atoms with Crippen molar-refractivity contribution in [1.29, 1.82) is 5.41 Å². The molecule has 1 aromatic rings. The average molecular weight is 362 g/mol. The second-order valence-electron chi connectivity index (χ2n) is 7.50. The number of hydrogen-bond donors (Lipinski definition) is 5. The first-order valence-corrected chi connectivity index (χ1v) is 8.79. The Morgan fingerprint density at radius 1 is 1.19 bits per heavy atom. The number of guanidine groups is 1. The summed E-state index contributed by atoms with van der Waals surface area (Å²) >= 11 is 0. The van der Waals surface area contributed by atoms with E-state index in [4.69, 9.17) is 11.1 Å². The number of unbranched alkanes of at least 4 members (excludes halogenated alkanes) is 1. The molecule has 0 heterocycles. The molecule has 0 fully saturated rings. The summed E-state index contributed by atoms with van der Waals surface area (Å²) < 4.78 is 0. The van der Waals surface area contributed by atoms with E-state index in [1.165, 1.54) is 0 Å². The van der Waals surface area contributed by atoms with Crippen LogP contribution in [-0.2, 0) is 16.0 Å². The molecule has 0 saturated heterocycles. The Labute approximate surface area is 154 Å². The van der Waals surface area contributed by atoms with Gasteiger partial charge in [-0.1, -0.05) is 32.9 Å². The number of benzene rings is 1. The van der Waals surface area contributed by atoms with Crippen LogP contribution < -0.4 is 16.4 Å². The third kappa shape index (κ3) is 8.00. The first-order valence-electron chi connectivity index (χ1n) is 8.79. The number of carbonyl (C=O) groups is 2. The smallest absolute Gasteiger partial charge is 0.307 e. The van der Waals surface area contributed by atoms with Gasteiger partial charge in [0, 0.05) is 18.7 Å². The van der Waals surface area contributed by atoms with E-state index in [1.807, 2.05) is 32.9 Å². The number of amides is 1. The molecule has 1 rings (SSSR count). The summed E-state index contributed by atoms with van der Waals surface area (Å²) in [5, 5.41) is 22.0. The van der Waals surface area contributed by atoms with Gasteiger partial charge in [0.15, 0.2) is 5.96 Å². The molecular formula is C19H30N4O3. The van der Waals surface area contributed by atoms with Crippen molar-refractivity contribution in [2.24, 2.45) is 17.1 Å². The van der Waals surface area contributed by atoms with Gasteiger partial charge in [-0.15, -0.1) is 0 Å². The van der Waals surface area contributed by atoms with Gasteiger partial charge in [-0.3, -0.25) is 15.0 Å². The Morgan fingerprint density at radius 2 is 1.81 bits per heavy atom. The molecule has 7 heteroatoms. The van der Waals surface area contributed by atoms with Crippen molar-refractivity contribution in [1.82, 2.24) is 5.32 Å². The largest absolute Gasteiger partial charge is 0.481 e. The van der Waals surface area contributed by atoms with E-state index < -0.39 is 11.9 Å². The van der Waals surface area contributed by atoms with Crippen LogP contribution in [0, 0.1) is 16.7 Å². The minimum atomic E-state index is -0.797. The van der Waals surface area contributed by atoms with E-state index in [2.05, 4.69) is 10.6 Å². The van der Waals surface area contributed by atoms with E-state index in [9.17, 15) is 14.7 Å². The Kier molecular flexibility index (Phi) is 8.09. The number of hydrogen-bond acceptors (Lipinski definition) is 3. The minimum absolute atomic E-state index is 0.0638. The second-order valence-corrected chi connectivity index (χ2v) is 7.50. The highest BCUT2D eigenvalue weighted by molar-refractivity contribution is 5.90. The Balaban J connectivity index is 2.48. The molecule has 1 amide bonds. The zero-order valence-corrected chi connectivity index (χ0v) is 15.8. The van der Waals surface area contributed by atoms with Crippen molar-refractivity contribution in [2.75, 3.05) is 11.9 Å². The van der Waals surface area contributed by atoms with Crippen molar-refractivity contribution in [3.05, 3.63) is 29.8 Å². The van der Waals surface area contributed by atoms with Crippen LogP contribution in [0.5, 0.6) is 0 Å². The van der Waals surface area contributed by atoms with Gasteiger partial charge in [0.05, 0.1) is 5.92 Å². The predicted octanol–water partition coefficient (Wildman–Crippen LogP) is 2.57. The summed E-state index contributed by atoms with van der Waals surface area (Å²) in [6.45, 7) is 6.35. The molecule has 0 aliphatic rings. The molecule has 0 bridgehead atoms. The first-order chi connectivity index (χ1) is 12.1. The topological polar surface area (TPSA) is 128 Å². The average Bonchev–Trinajstić information content (AvgIpc) is 2.52. The molecule has 1 atom stereocenters. The fourth-order valence-electron chi connectivity index (χ4n) is 2.58. The monoisotopic (exact) mass is 362 g/mol. The number of carbonyl (C=O) groups excluding carboxylic acids is 1. The molecule has 144 valence electrons. The van der Waals surface area contributed by atoms with Crippen LogP contribution in [0.2, 0.25) is 0 Å². The fraction of sp³-hybridized carbons (Fsp3) is 0.526. The number of rotatable bonds is 9. The standard InChI is InChI=1S/C19H30N4O3/c1-19(2,3)15(17(25)26)12-13-7-9-14(10-8-13)23-16(24)6-4-5-11-22-18(20)21/h7-10,15H,4-6,11-12H2,1-3H3,(H,23,24)(H,25,26)(H4,20,21,22). The molecule has 26 heavy (non-hydrogen) atoms. The van der Waals surface area contributed by atoms with Gasteiger partial charge in [0.25, 0.3) is 0 Å². The maximum absolute atomic E-state index is 11.9. The molecule has 1 aromatic carbocycles. The maximum atomic E-state index is 11.9. The van der Waals surface area contributed by atoms with Crippen molar-refractivity contribution < 1.29 is 14.7 Å². The van der Waals surface area contributed by atoms with Gasteiger partial charge < -0.3 is 21.5 Å². The van der Waals surface area contributed by atoms with Crippen molar-refractivity contribution >= 4 is 23.5 Å². The van der Waals surface area contributed by atoms with Crippen LogP contribution in [0.25, 0.3) is 0 Å². The Hall–Kier alpha value is -2.57. The van der Waals surface area contributed by atoms with Crippen LogP contribution >= 0.6 is 0 Å². The van der Waals surface area contributed by atoms with Crippen LogP contribution in [0.15, 0.2) is 24.3 Å². The number of nitrogens with two attached hydrogens (primary N) is 1. The van der Waals surface area contributed by atoms with Crippen LogP contribution in [0.4, 0.5) is 5.69 Å². The maximum Gasteiger partial charge on any atom is 0.307 e. The Bertz CT molecular complexity index is 621. The lowest BCUT2D eigenvalue weighted by molar-refractivity contribution is -0.145. The molecule has 7 nitrogen and oxygen atoms in total. The van der Waals surface area contributed by atoms with Gasteiger partial charge in [0.2, 0.25) is 5.91 Å². The summed E-state index contributed by atoms with van der Waals surface area (Å²) in [6, 6.07) is 7.31. The summed E-state index contributed by atoms with van der Waals surface area (Å²) in [5.74, 6) is -1.40. The third-order valence-electron chi connectivity index (χ3n) is 4.17. The molecule has 6 N–H and O–H groups in total. The summed E-state index contributed by atoms with van der Waals surface area (Å²) in [5.41, 5.74) is 6.48. The lowest BCUT2D eigenvalue weighted by Crippen LogP contribution is -2.30. The zero-order valence-electron chi connectivity index (χ0n) is 15.8. The van der Waals surface area contributed by atoms with Crippen LogP contribution in [0.1, 0.15) is 45.6 Å². The van der Waals surface area contributed by atoms with Gasteiger partial charge in [-0.25, -0.2) is 0 Å². The van der Waals surface area contributed by atoms with Crippen LogP contribution in [0.3, 0.4) is 0 Å². The Morgan fingerprint density at radius 3 is 2.31 bits per heavy atom. The highest BCUT2D eigenvalue weighted by Crippen LogP contribution is 2.29. The van der Waals surface area contributed by atoms with E-state index in [0.29, 0.717) is 31.5 Å². The molecule has 0 aromatic heterocycles. The van der Waals surface area contributed by atoms with Crippen molar-refractivity contribution in [2.45, 2.75) is 46.5 Å². The van der Waals surface area contributed by atoms with Gasteiger partial charge >= 0.3 is 5.97 Å². The number of aliphatic carboxylic acids is 1. The normalized spacial score (nSPS) is 12.3. The summed E-state index contributed by atoms with van der Waals surface area (Å²) in [7, 11) is 0. The van der Waals surface area contributed by atoms with Gasteiger partial charge in [0.1, 0.15) is 0 Å². The first kappa shape index (κ1) is 21.5. The van der Waals surface area contributed by atoms with E-state index >= 15 is 0 Å². The minimum Gasteiger partial charge on any atom is -0.481 e. The van der Waals surface area contributed by atoms with Gasteiger partial charge in [-0.05, 0) is 42.4 Å². The van der Waals surface area contributed by atoms with E-state index in [-0.39, 0.29) is 17.3 Å². The quantitative estimate of drug-likeness (QED) is 0.262. The van der Waals surface area contributed by atoms with Gasteiger partial charge in [-0.2, -0.15) is 0 Å². The zero-order chi connectivity index (χ0) is 19.7. The fourth-order valence-corrected chi connectivity index (χ4v) is 2.58. The molecule has 0 saturated carbocycles. The molecule has 0 aliphatic heterocycles. The lowest BCUT2D eigenvalue weighted by Gasteiger charge is -2.27. The molecular weight excluding hydrogens is 332 g/mol.